The van der Waals surface area contributed by atoms with Gasteiger partial charge in [-0.1, -0.05) is 6.07 Å². The predicted molar refractivity (Wildman–Crippen MR) is 70.9 cm³/mol. The monoisotopic (exact) mass is 299 g/mol. The average molecular weight is 299 g/mol. The van der Waals surface area contributed by atoms with Gasteiger partial charge in [0.2, 0.25) is 0 Å². The Morgan fingerprint density at radius 3 is 2.43 bits per heavy atom. The third-order valence-corrected chi connectivity index (χ3v) is 3.01. The van der Waals surface area contributed by atoms with E-state index in [0.717, 1.165) is 15.2 Å². The van der Waals surface area contributed by atoms with E-state index in [4.69, 9.17) is 5.73 Å². The molecule has 5 nitrogen and oxygen atoms in total. The minimum absolute atomic E-state index is 0.0256. The molecule has 0 fully saturated rings. The minimum Gasteiger partial charge on any atom is -0.399 e. The summed E-state index contributed by atoms with van der Waals surface area (Å²) < 4.78 is 40.9. The number of alkyl halides is 3. The zero-order valence-electron chi connectivity index (χ0n) is 11.0. The van der Waals surface area contributed by atoms with Crippen molar-refractivity contribution in [2.75, 3.05) is 5.73 Å². The average Bonchev–Trinajstić information content (AvgIpc) is 2.40. The molecule has 0 spiro atoms. The first kappa shape index (κ1) is 14.9. The van der Waals surface area contributed by atoms with Gasteiger partial charge in [-0.05, 0) is 17.7 Å². The number of nitrogens with two attached hydrogens (primary N) is 1. The van der Waals surface area contributed by atoms with Crippen LogP contribution in [-0.2, 0) is 19.8 Å². The Balaban J connectivity index is 2.53. The molecule has 0 aliphatic heterocycles. The molecule has 0 radical (unpaired) electrons. The summed E-state index contributed by atoms with van der Waals surface area (Å²) in [6, 6.07) is 3.32. The van der Waals surface area contributed by atoms with Crippen LogP contribution in [0.4, 0.5) is 18.9 Å². The van der Waals surface area contributed by atoms with Crippen LogP contribution in [0.5, 0.6) is 0 Å². The summed E-state index contributed by atoms with van der Waals surface area (Å²) in [5.74, 6) is 0. The quantitative estimate of drug-likeness (QED) is 0.669. The van der Waals surface area contributed by atoms with E-state index in [-0.39, 0.29) is 17.8 Å². The molecule has 0 aliphatic carbocycles. The Kier molecular flexibility index (Phi) is 3.63. The lowest BCUT2D eigenvalue weighted by Gasteiger charge is -2.14. The van der Waals surface area contributed by atoms with Gasteiger partial charge in [-0.25, -0.2) is 0 Å². The maximum Gasteiger partial charge on any atom is 0.416 e. The van der Waals surface area contributed by atoms with Gasteiger partial charge in [0.15, 0.2) is 0 Å². The van der Waals surface area contributed by atoms with Crippen LogP contribution in [0.3, 0.4) is 0 Å². The molecule has 0 bridgehead atoms. The van der Waals surface area contributed by atoms with Gasteiger partial charge < -0.3 is 14.9 Å². The molecule has 2 aromatic rings. The highest BCUT2D eigenvalue weighted by atomic mass is 19.4. The lowest BCUT2D eigenvalue weighted by molar-refractivity contribution is -0.138. The lowest BCUT2D eigenvalue weighted by Crippen LogP contribution is -2.39. The molecule has 0 amide bonds. The smallest absolute Gasteiger partial charge is 0.399 e. The van der Waals surface area contributed by atoms with Crippen molar-refractivity contribution >= 4 is 5.69 Å². The molecule has 8 heteroatoms. The molecule has 21 heavy (non-hydrogen) atoms. The van der Waals surface area contributed by atoms with Crippen molar-refractivity contribution < 1.29 is 13.2 Å². The topological polar surface area (TPSA) is 70.0 Å². The summed E-state index contributed by atoms with van der Waals surface area (Å²) in [7, 11) is 1.39. The molecule has 0 aliphatic rings. The summed E-state index contributed by atoms with van der Waals surface area (Å²) in [4.78, 5) is 23.2. The summed E-state index contributed by atoms with van der Waals surface area (Å²) in [5, 5.41) is 0. The van der Waals surface area contributed by atoms with Crippen molar-refractivity contribution in [3.63, 3.8) is 0 Å². The maximum absolute atomic E-state index is 13.0. The van der Waals surface area contributed by atoms with Crippen LogP contribution >= 0.6 is 0 Å². The van der Waals surface area contributed by atoms with Gasteiger partial charge in [-0.3, -0.25) is 9.59 Å². The molecule has 2 rings (SSSR count). The molecule has 2 N–H and O–H groups in total. The van der Waals surface area contributed by atoms with E-state index in [9.17, 15) is 22.8 Å². The highest BCUT2D eigenvalue weighted by Crippen LogP contribution is 2.33. The SMILES string of the molecule is Cn1ccn(Cc2ccc(N)cc2C(F)(F)F)c(=O)c1=O. The second kappa shape index (κ2) is 5.12. The number of rotatable bonds is 2. The number of hydrogen-bond donors (Lipinski definition) is 1. The van der Waals surface area contributed by atoms with E-state index in [2.05, 4.69) is 0 Å². The molecular formula is C13H12F3N3O2. The van der Waals surface area contributed by atoms with Crippen molar-refractivity contribution in [1.29, 1.82) is 0 Å². The molecule has 0 saturated carbocycles. The van der Waals surface area contributed by atoms with Crippen LogP contribution < -0.4 is 16.9 Å². The third-order valence-electron chi connectivity index (χ3n) is 3.01. The van der Waals surface area contributed by atoms with Crippen molar-refractivity contribution in [3.05, 3.63) is 62.4 Å². The predicted octanol–water partition coefficient (Wildman–Crippen LogP) is 1.20. The fourth-order valence-electron chi connectivity index (χ4n) is 1.89. The maximum atomic E-state index is 13.0. The van der Waals surface area contributed by atoms with Gasteiger partial charge in [0.25, 0.3) is 0 Å². The fraction of sp³-hybridized carbons (Fsp3) is 0.231. The number of aromatic nitrogens is 2. The van der Waals surface area contributed by atoms with Gasteiger partial charge in [-0.2, -0.15) is 13.2 Å². The number of benzene rings is 1. The highest BCUT2D eigenvalue weighted by molar-refractivity contribution is 5.46. The minimum atomic E-state index is -4.59. The summed E-state index contributed by atoms with van der Waals surface area (Å²) in [6.07, 6.45) is -2.01. The zero-order valence-corrected chi connectivity index (χ0v) is 11.0. The van der Waals surface area contributed by atoms with Crippen LogP contribution in [0.15, 0.2) is 40.2 Å². The first-order valence-corrected chi connectivity index (χ1v) is 5.92. The largest absolute Gasteiger partial charge is 0.416 e. The molecule has 0 atom stereocenters. The van der Waals surface area contributed by atoms with Gasteiger partial charge in [0.1, 0.15) is 0 Å². The van der Waals surface area contributed by atoms with E-state index in [0.29, 0.717) is 0 Å². The Labute approximate surface area is 117 Å². The van der Waals surface area contributed by atoms with Crippen molar-refractivity contribution in [1.82, 2.24) is 9.13 Å². The van der Waals surface area contributed by atoms with E-state index in [1.807, 2.05) is 0 Å². The van der Waals surface area contributed by atoms with Crippen LogP contribution in [0, 0.1) is 0 Å². The van der Waals surface area contributed by atoms with Crippen molar-refractivity contribution in [2.24, 2.45) is 7.05 Å². The van der Waals surface area contributed by atoms with Crippen LogP contribution in [0.25, 0.3) is 0 Å². The Bertz CT molecular complexity index is 790. The first-order chi connectivity index (χ1) is 9.70. The number of halogens is 3. The molecule has 0 unspecified atom stereocenters. The highest BCUT2D eigenvalue weighted by Gasteiger charge is 2.33. The number of nitrogens with zero attached hydrogens (tertiary/aromatic N) is 2. The molecule has 112 valence electrons. The van der Waals surface area contributed by atoms with Crippen LogP contribution in [0.1, 0.15) is 11.1 Å². The Hall–Kier alpha value is -2.51. The lowest BCUT2D eigenvalue weighted by atomic mass is 10.1. The first-order valence-electron chi connectivity index (χ1n) is 5.92. The molecular weight excluding hydrogens is 287 g/mol. The molecule has 0 saturated heterocycles. The number of nitrogen functional groups attached to an aromatic ring is 1. The standard InChI is InChI=1S/C13H12F3N3O2/c1-18-4-5-19(12(21)11(18)20)7-8-2-3-9(17)6-10(8)13(14,15)16/h2-6H,7,17H2,1H3. The summed E-state index contributed by atoms with van der Waals surface area (Å²) >= 11 is 0. The van der Waals surface area contributed by atoms with E-state index in [1.54, 1.807) is 0 Å². The molecule has 1 aromatic carbocycles. The van der Waals surface area contributed by atoms with Gasteiger partial charge in [0, 0.05) is 25.1 Å². The summed E-state index contributed by atoms with van der Waals surface area (Å²) in [6.45, 7) is -0.357. The Morgan fingerprint density at radius 2 is 1.81 bits per heavy atom. The second-order valence-electron chi connectivity index (χ2n) is 4.56. The number of anilines is 1. The van der Waals surface area contributed by atoms with E-state index >= 15 is 0 Å². The summed E-state index contributed by atoms with van der Waals surface area (Å²) in [5.41, 5.74) is 2.60. The zero-order chi connectivity index (χ0) is 15.8. The third kappa shape index (κ3) is 2.99. The van der Waals surface area contributed by atoms with Gasteiger partial charge in [0.05, 0.1) is 12.1 Å². The number of aryl methyl sites for hydroxylation is 1. The van der Waals surface area contributed by atoms with E-state index in [1.165, 1.54) is 31.6 Å². The van der Waals surface area contributed by atoms with Gasteiger partial charge >= 0.3 is 17.3 Å². The Morgan fingerprint density at radius 1 is 1.14 bits per heavy atom. The fourth-order valence-corrected chi connectivity index (χ4v) is 1.89. The van der Waals surface area contributed by atoms with Crippen molar-refractivity contribution in [3.8, 4) is 0 Å². The molecule has 1 heterocycles. The van der Waals surface area contributed by atoms with E-state index < -0.39 is 22.9 Å². The van der Waals surface area contributed by atoms with Crippen molar-refractivity contribution in [2.45, 2.75) is 12.7 Å². The molecule has 1 aromatic heterocycles. The van der Waals surface area contributed by atoms with Crippen LogP contribution in [-0.4, -0.2) is 9.13 Å². The second-order valence-corrected chi connectivity index (χ2v) is 4.56. The normalized spacial score (nSPS) is 11.6. The number of hydrogen-bond acceptors (Lipinski definition) is 3. The van der Waals surface area contributed by atoms with Gasteiger partial charge in [-0.15, -0.1) is 0 Å². The van der Waals surface area contributed by atoms with Crippen LogP contribution in [0.2, 0.25) is 0 Å².